The van der Waals surface area contributed by atoms with Gasteiger partial charge in [0, 0.05) is 13.1 Å². The zero-order chi connectivity index (χ0) is 13.1. The van der Waals surface area contributed by atoms with Gasteiger partial charge in [-0.15, -0.1) is 0 Å². The van der Waals surface area contributed by atoms with Crippen molar-refractivity contribution in [2.24, 2.45) is 5.84 Å². The summed E-state index contributed by atoms with van der Waals surface area (Å²) in [6, 6.07) is 7.25. The minimum atomic E-state index is -0.00875. The normalized spacial score (nSPS) is 23.8. The summed E-state index contributed by atoms with van der Waals surface area (Å²) in [5.41, 5.74) is 3.81. The molecule has 2 atom stereocenters. The van der Waals surface area contributed by atoms with E-state index < -0.39 is 0 Å². The molecule has 2 unspecified atom stereocenters. The first-order valence-electron chi connectivity index (χ1n) is 6.12. The molecule has 1 saturated heterocycles. The molecular weight excluding hydrogens is 230 g/mol. The molecule has 1 fully saturated rings. The van der Waals surface area contributed by atoms with Gasteiger partial charge in [-0.3, -0.25) is 10.6 Å². The molecular formula is C13H19N3O2. The largest absolute Gasteiger partial charge is 0.372 e. The van der Waals surface area contributed by atoms with Gasteiger partial charge in [0.15, 0.2) is 0 Å². The van der Waals surface area contributed by atoms with Crippen LogP contribution in [0.25, 0.3) is 0 Å². The number of hydrogen-bond donors (Lipinski definition) is 2. The number of anilines is 1. The zero-order valence-corrected chi connectivity index (χ0v) is 10.7. The van der Waals surface area contributed by atoms with Crippen LogP contribution in [-0.4, -0.2) is 36.1 Å². The molecule has 0 radical (unpaired) electrons. The second-order valence-corrected chi connectivity index (χ2v) is 4.66. The molecule has 18 heavy (non-hydrogen) atoms. The molecule has 1 amide bonds. The maximum absolute atomic E-state index is 12.4. The fraction of sp³-hybridized carbons (Fsp3) is 0.462. The van der Waals surface area contributed by atoms with Crippen LogP contribution < -0.4 is 11.3 Å². The van der Waals surface area contributed by atoms with Crippen molar-refractivity contribution in [1.29, 1.82) is 0 Å². The highest BCUT2D eigenvalue weighted by molar-refractivity contribution is 5.99. The van der Waals surface area contributed by atoms with Crippen molar-refractivity contribution in [1.82, 2.24) is 4.90 Å². The van der Waals surface area contributed by atoms with Gasteiger partial charge in [-0.25, -0.2) is 0 Å². The minimum Gasteiger partial charge on any atom is -0.372 e. The number of carbonyl (C=O) groups excluding carboxylic acids is 1. The van der Waals surface area contributed by atoms with E-state index in [0.29, 0.717) is 24.3 Å². The summed E-state index contributed by atoms with van der Waals surface area (Å²) in [4.78, 5) is 14.3. The fourth-order valence-electron chi connectivity index (χ4n) is 2.31. The summed E-state index contributed by atoms with van der Waals surface area (Å²) in [5, 5.41) is 0. The van der Waals surface area contributed by atoms with Gasteiger partial charge in [-0.2, -0.15) is 0 Å². The SMILES string of the molecule is CC1CN(C(=O)c2ccccc2NN)CC(C)O1. The van der Waals surface area contributed by atoms with E-state index in [0.717, 1.165) is 0 Å². The van der Waals surface area contributed by atoms with E-state index in [4.69, 9.17) is 10.6 Å². The van der Waals surface area contributed by atoms with E-state index in [1.165, 1.54) is 0 Å². The molecule has 5 heteroatoms. The minimum absolute atomic E-state index is 0.00875. The molecule has 98 valence electrons. The van der Waals surface area contributed by atoms with Crippen molar-refractivity contribution < 1.29 is 9.53 Å². The lowest BCUT2D eigenvalue weighted by molar-refractivity contribution is -0.0585. The Labute approximate surface area is 107 Å². The molecule has 1 heterocycles. The molecule has 0 aliphatic carbocycles. The lowest BCUT2D eigenvalue weighted by Gasteiger charge is -2.35. The van der Waals surface area contributed by atoms with Crippen molar-refractivity contribution in [2.75, 3.05) is 18.5 Å². The van der Waals surface area contributed by atoms with E-state index >= 15 is 0 Å². The first-order valence-corrected chi connectivity index (χ1v) is 6.12. The lowest BCUT2D eigenvalue weighted by Crippen LogP contribution is -2.48. The van der Waals surface area contributed by atoms with Gasteiger partial charge in [0.05, 0.1) is 23.5 Å². The molecule has 0 saturated carbocycles. The number of hydrazine groups is 1. The summed E-state index contributed by atoms with van der Waals surface area (Å²) in [6.45, 7) is 5.18. The third kappa shape index (κ3) is 2.63. The maximum Gasteiger partial charge on any atom is 0.256 e. The summed E-state index contributed by atoms with van der Waals surface area (Å²) in [6.07, 6.45) is 0.131. The number of nitrogen functional groups attached to an aromatic ring is 1. The van der Waals surface area contributed by atoms with Crippen LogP contribution in [0.3, 0.4) is 0 Å². The first kappa shape index (κ1) is 12.9. The number of carbonyl (C=O) groups is 1. The number of morpholine rings is 1. The summed E-state index contributed by atoms with van der Waals surface area (Å²) < 4.78 is 5.62. The Bertz CT molecular complexity index is 426. The van der Waals surface area contributed by atoms with Crippen LogP contribution in [0.1, 0.15) is 24.2 Å². The van der Waals surface area contributed by atoms with E-state index in [2.05, 4.69) is 5.43 Å². The first-order chi connectivity index (χ1) is 8.61. The van der Waals surface area contributed by atoms with Gasteiger partial charge in [0.1, 0.15) is 0 Å². The van der Waals surface area contributed by atoms with Crippen LogP contribution in [0.15, 0.2) is 24.3 Å². The van der Waals surface area contributed by atoms with E-state index in [1.807, 2.05) is 30.9 Å². The fourth-order valence-corrected chi connectivity index (χ4v) is 2.31. The summed E-state index contributed by atoms with van der Waals surface area (Å²) >= 11 is 0. The number of hydrogen-bond acceptors (Lipinski definition) is 4. The highest BCUT2D eigenvalue weighted by Crippen LogP contribution is 2.19. The average molecular weight is 249 g/mol. The highest BCUT2D eigenvalue weighted by Gasteiger charge is 2.27. The molecule has 1 aromatic carbocycles. The van der Waals surface area contributed by atoms with Crippen LogP contribution in [0.4, 0.5) is 5.69 Å². The van der Waals surface area contributed by atoms with E-state index in [9.17, 15) is 4.79 Å². The number of nitrogens with zero attached hydrogens (tertiary/aromatic N) is 1. The Kier molecular flexibility index (Phi) is 3.84. The Morgan fingerprint density at radius 2 is 1.94 bits per heavy atom. The lowest BCUT2D eigenvalue weighted by atomic mass is 10.1. The van der Waals surface area contributed by atoms with E-state index in [-0.39, 0.29) is 18.1 Å². The van der Waals surface area contributed by atoms with Gasteiger partial charge >= 0.3 is 0 Å². The van der Waals surface area contributed by atoms with Crippen LogP contribution in [-0.2, 0) is 4.74 Å². The molecule has 1 aliphatic rings. The van der Waals surface area contributed by atoms with Gasteiger partial charge in [-0.1, -0.05) is 12.1 Å². The summed E-state index contributed by atoms with van der Waals surface area (Å²) in [5.74, 6) is 5.42. The van der Waals surface area contributed by atoms with Crippen LogP contribution in [0.2, 0.25) is 0 Å². The molecule has 0 aromatic heterocycles. The number of ether oxygens (including phenoxy) is 1. The standard InChI is InChI=1S/C13H19N3O2/c1-9-7-16(8-10(2)18-9)13(17)11-5-3-4-6-12(11)15-14/h3-6,9-10,15H,7-8,14H2,1-2H3. The molecule has 0 spiro atoms. The van der Waals surface area contributed by atoms with Crippen molar-refractivity contribution in [3.8, 4) is 0 Å². The van der Waals surface area contributed by atoms with Gasteiger partial charge in [-0.05, 0) is 26.0 Å². The molecule has 1 aliphatic heterocycles. The number of nitrogens with one attached hydrogen (secondary N) is 1. The molecule has 2 rings (SSSR count). The van der Waals surface area contributed by atoms with Crippen molar-refractivity contribution in [2.45, 2.75) is 26.1 Å². The Balaban J connectivity index is 2.20. The van der Waals surface area contributed by atoms with Crippen LogP contribution in [0, 0.1) is 0 Å². The number of para-hydroxylation sites is 1. The third-order valence-electron chi connectivity index (χ3n) is 3.02. The van der Waals surface area contributed by atoms with Crippen molar-refractivity contribution in [3.05, 3.63) is 29.8 Å². The Morgan fingerprint density at radius 3 is 2.56 bits per heavy atom. The van der Waals surface area contributed by atoms with E-state index in [1.54, 1.807) is 12.1 Å². The smallest absolute Gasteiger partial charge is 0.256 e. The average Bonchev–Trinajstić information content (AvgIpc) is 2.36. The van der Waals surface area contributed by atoms with Crippen molar-refractivity contribution in [3.63, 3.8) is 0 Å². The maximum atomic E-state index is 12.4. The van der Waals surface area contributed by atoms with Gasteiger partial charge in [0.25, 0.3) is 5.91 Å². The van der Waals surface area contributed by atoms with Crippen LogP contribution >= 0.6 is 0 Å². The van der Waals surface area contributed by atoms with Crippen molar-refractivity contribution >= 4 is 11.6 Å². The number of rotatable bonds is 2. The second-order valence-electron chi connectivity index (χ2n) is 4.66. The zero-order valence-electron chi connectivity index (χ0n) is 10.7. The second kappa shape index (κ2) is 5.37. The predicted molar refractivity (Wildman–Crippen MR) is 70.2 cm³/mol. The third-order valence-corrected chi connectivity index (χ3v) is 3.02. The Hall–Kier alpha value is -1.59. The highest BCUT2D eigenvalue weighted by atomic mass is 16.5. The Morgan fingerprint density at radius 1 is 1.33 bits per heavy atom. The summed E-state index contributed by atoms with van der Waals surface area (Å²) in [7, 11) is 0. The molecule has 0 bridgehead atoms. The number of amides is 1. The van der Waals surface area contributed by atoms with Gasteiger partial charge in [0.2, 0.25) is 0 Å². The predicted octanol–water partition coefficient (Wildman–Crippen LogP) is 1.22. The number of nitrogens with two attached hydrogens (primary N) is 1. The molecule has 3 N–H and O–H groups in total. The number of benzene rings is 1. The molecule has 5 nitrogen and oxygen atoms in total. The quantitative estimate of drug-likeness (QED) is 0.611. The molecule has 1 aromatic rings. The topological polar surface area (TPSA) is 67.6 Å². The van der Waals surface area contributed by atoms with Gasteiger partial charge < -0.3 is 15.1 Å². The van der Waals surface area contributed by atoms with Crippen LogP contribution in [0.5, 0.6) is 0 Å². The monoisotopic (exact) mass is 249 g/mol.